The number of amides is 1. The molecule has 0 radical (unpaired) electrons. The van der Waals surface area contributed by atoms with E-state index in [0.717, 1.165) is 50.5 Å². The van der Waals surface area contributed by atoms with Crippen LogP contribution < -0.4 is 0 Å². The third-order valence-electron chi connectivity index (χ3n) is 8.31. The van der Waals surface area contributed by atoms with Gasteiger partial charge in [-0.25, -0.2) is 0 Å². The first-order valence-electron chi connectivity index (χ1n) is 13.4. The number of carboxylic acids is 1. The van der Waals surface area contributed by atoms with Gasteiger partial charge in [0.2, 0.25) is 0 Å². The zero-order valence-electron chi connectivity index (χ0n) is 21.9. The molecule has 3 aliphatic rings. The van der Waals surface area contributed by atoms with Gasteiger partial charge in [-0.1, -0.05) is 18.2 Å². The van der Waals surface area contributed by atoms with Crippen molar-refractivity contribution in [1.82, 2.24) is 19.6 Å². The second-order valence-corrected chi connectivity index (χ2v) is 11.7. The van der Waals surface area contributed by atoms with Crippen molar-refractivity contribution < 1.29 is 27.9 Å². The molecule has 1 aliphatic carbocycles. The first-order valence-corrected chi connectivity index (χ1v) is 13.4. The van der Waals surface area contributed by atoms with Crippen LogP contribution >= 0.6 is 0 Å². The third kappa shape index (κ3) is 5.32. The molecule has 2 aliphatic heterocycles. The van der Waals surface area contributed by atoms with Gasteiger partial charge in [0.25, 0.3) is 5.91 Å². The maximum atomic E-state index is 13.6. The summed E-state index contributed by atoms with van der Waals surface area (Å²) in [6.07, 6.45) is 1.37. The maximum absolute atomic E-state index is 13.6. The molecule has 2 aromatic rings. The number of aromatic nitrogens is 2. The number of benzene rings is 1. The summed E-state index contributed by atoms with van der Waals surface area (Å²) in [5.74, 6) is -1.02. The van der Waals surface area contributed by atoms with Crippen LogP contribution in [0.1, 0.15) is 91.0 Å². The van der Waals surface area contributed by atoms with Crippen LogP contribution in [0.15, 0.2) is 30.5 Å². The van der Waals surface area contributed by atoms with E-state index in [-0.39, 0.29) is 35.9 Å². The van der Waals surface area contributed by atoms with Gasteiger partial charge in [0.05, 0.1) is 34.5 Å². The summed E-state index contributed by atoms with van der Waals surface area (Å²) in [4.78, 5) is 29.0. The summed E-state index contributed by atoms with van der Waals surface area (Å²) in [6, 6.07) is 5.81. The minimum Gasteiger partial charge on any atom is -0.481 e. The Morgan fingerprint density at radius 2 is 1.68 bits per heavy atom. The van der Waals surface area contributed by atoms with Crippen molar-refractivity contribution >= 4 is 11.9 Å². The SMILES string of the molecule is CC(C)(CN1CCC(n2ncc(C(=O)N3CC[C@@H](c4ccccc4C(F)(F)F)C3)c2C2CC2)CC1)C(=O)O. The fourth-order valence-electron chi connectivity index (χ4n) is 6.02. The largest absolute Gasteiger partial charge is 0.481 e. The first kappa shape index (κ1) is 26.7. The number of carbonyl (C=O) groups is 2. The lowest BCUT2D eigenvalue weighted by atomic mass is 9.91. The van der Waals surface area contributed by atoms with E-state index in [1.54, 1.807) is 31.0 Å². The van der Waals surface area contributed by atoms with Crippen LogP contribution in [0, 0.1) is 5.41 Å². The van der Waals surface area contributed by atoms with Crippen LogP contribution in [0.25, 0.3) is 0 Å². The lowest BCUT2D eigenvalue weighted by Gasteiger charge is -2.36. The zero-order chi connectivity index (χ0) is 27.2. The van der Waals surface area contributed by atoms with Crippen LogP contribution in [0.5, 0.6) is 0 Å². The molecule has 1 aromatic carbocycles. The van der Waals surface area contributed by atoms with Crippen molar-refractivity contribution in [2.24, 2.45) is 5.41 Å². The zero-order valence-corrected chi connectivity index (χ0v) is 21.9. The Balaban J connectivity index is 1.29. The van der Waals surface area contributed by atoms with E-state index in [9.17, 15) is 27.9 Å². The van der Waals surface area contributed by atoms with Crippen LogP contribution in [0.4, 0.5) is 13.2 Å². The summed E-state index contributed by atoms with van der Waals surface area (Å²) in [7, 11) is 0. The van der Waals surface area contributed by atoms with Crippen LogP contribution in [0.2, 0.25) is 0 Å². The number of rotatable bonds is 7. The Morgan fingerprint density at radius 1 is 1.00 bits per heavy atom. The Kier molecular flexibility index (Phi) is 7.04. The molecule has 1 aromatic heterocycles. The molecule has 7 nitrogen and oxygen atoms in total. The van der Waals surface area contributed by atoms with Crippen molar-refractivity contribution in [3.63, 3.8) is 0 Å². The summed E-state index contributed by atoms with van der Waals surface area (Å²) in [5, 5.41) is 14.1. The Bertz CT molecular complexity index is 1200. The minimum absolute atomic E-state index is 0.140. The van der Waals surface area contributed by atoms with Gasteiger partial charge in [-0.2, -0.15) is 18.3 Å². The van der Waals surface area contributed by atoms with E-state index < -0.39 is 23.1 Å². The predicted molar refractivity (Wildman–Crippen MR) is 135 cm³/mol. The van der Waals surface area contributed by atoms with Crippen molar-refractivity contribution in [1.29, 1.82) is 0 Å². The molecule has 1 saturated carbocycles. The van der Waals surface area contributed by atoms with Crippen LogP contribution in [0.3, 0.4) is 0 Å². The highest BCUT2D eigenvalue weighted by Crippen LogP contribution is 2.44. The number of carbonyl (C=O) groups excluding carboxylic acids is 1. The van der Waals surface area contributed by atoms with E-state index >= 15 is 0 Å². The van der Waals surface area contributed by atoms with E-state index in [1.165, 1.54) is 12.1 Å². The van der Waals surface area contributed by atoms with Gasteiger partial charge < -0.3 is 14.9 Å². The second-order valence-electron chi connectivity index (χ2n) is 11.7. The molecule has 1 atom stereocenters. The fraction of sp³-hybridized carbons (Fsp3) is 0.607. The van der Waals surface area contributed by atoms with E-state index in [1.807, 2.05) is 4.68 Å². The van der Waals surface area contributed by atoms with Crippen molar-refractivity contribution in [3.8, 4) is 0 Å². The average Bonchev–Trinajstić information content (AvgIpc) is 3.41. The highest BCUT2D eigenvalue weighted by molar-refractivity contribution is 5.95. The van der Waals surface area contributed by atoms with Gasteiger partial charge in [0.15, 0.2) is 0 Å². The maximum Gasteiger partial charge on any atom is 0.416 e. The topological polar surface area (TPSA) is 78.7 Å². The van der Waals surface area contributed by atoms with Crippen LogP contribution in [-0.4, -0.2) is 69.3 Å². The Morgan fingerprint density at radius 3 is 2.32 bits per heavy atom. The van der Waals surface area contributed by atoms with Gasteiger partial charge in [-0.05, 0) is 57.6 Å². The fourth-order valence-corrected chi connectivity index (χ4v) is 6.02. The molecule has 0 spiro atoms. The number of alkyl halides is 3. The van der Waals surface area contributed by atoms with Crippen LogP contribution in [-0.2, 0) is 11.0 Å². The number of hydrogen-bond acceptors (Lipinski definition) is 4. The Hall–Kier alpha value is -2.88. The predicted octanol–water partition coefficient (Wildman–Crippen LogP) is 5.16. The molecule has 3 fully saturated rings. The van der Waals surface area contributed by atoms with Gasteiger partial charge in [0, 0.05) is 44.6 Å². The lowest BCUT2D eigenvalue weighted by Crippen LogP contribution is -2.43. The molecular weight excluding hydrogens is 497 g/mol. The van der Waals surface area contributed by atoms with Crippen molar-refractivity contribution in [3.05, 3.63) is 52.8 Å². The molecule has 5 rings (SSSR count). The van der Waals surface area contributed by atoms with Crippen molar-refractivity contribution in [2.45, 2.75) is 70.0 Å². The number of hydrogen-bond donors (Lipinski definition) is 1. The molecule has 206 valence electrons. The standard InChI is InChI=1S/C28H35F3N4O3/c1-27(2,26(37)38)17-33-12-10-20(11-13-33)35-24(18-7-8-18)22(15-32-35)25(36)34-14-9-19(16-34)21-5-3-4-6-23(21)28(29,30)31/h3-6,15,18-20H,7-14,16-17H2,1-2H3,(H,37,38)/t19-/m1/s1. The van der Waals surface area contributed by atoms with E-state index in [2.05, 4.69) is 10.00 Å². The molecule has 3 heterocycles. The Labute approximate surface area is 220 Å². The summed E-state index contributed by atoms with van der Waals surface area (Å²) in [5.41, 5.74) is 0.353. The van der Waals surface area contributed by atoms with E-state index in [0.29, 0.717) is 25.1 Å². The highest BCUT2D eigenvalue weighted by Gasteiger charge is 2.40. The normalized spacial score (nSPS) is 21.7. The molecular formula is C28H35F3N4O3. The van der Waals surface area contributed by atoms with Gasteiger partial charge in [-0.3, -0.25) is 14.3 Å². The van der Waals surface area contributed by atoms with Gasteiger partial charge >= 0.3 is 12.1 Å². The third-order valence-corrected chi connectivity index (χ3v) is 8.31. The van der Waals surface area contributed by atoms with Gasteiger partial charge in [0.1, 0.15) is 0 Å². The molecule has 1 amide bonds. The summed E-state index contributed by atoms with van der Waals surface area (Å²) in [6.45, 7) is 6.18. The van der Waals surface area contributed by atoms with E-state index in [4.69, 9.17) is 0 Å². The number of piperidine rings is 1. The summed E-state index contributed by atoms with van der Waals surface area (Å²) >= 11 is 0. The second kappa shape index (κ2) is 10.0. The average molecular weight is 533 g/mol. The number of aliphatic carboxylic acids is 1. The summed E-state index contributed by atoms with van der Waals surface area (Å²) < 4.78 is 42.7. The quantitative estimate of drug-likeness (QED) is 0.533. The first-order chi connectivity index (χ1) is 18.0. The number of carboxylic acid groups (broad SMARTS) is 1. The number of likely N-dealkylation sites (tertiary alicyclic amines) is 2. The monoisotopic (exact) mass is 532 g/mol. The number of nitrogens with zero attached hydrogens (tertiary/aromatic N) is 4. The van der Waals surface area contributed by atoms with Crippen molar-refractivity contribution in [2.75, 3.05) is 32.7 Å². The molecule has 0 bridgehead atoms. The van der Waals surface area contributed by atoms with Gasteiger partial charge in [-0.15, -0.1) is 0 Å². The smallest absolute Gasteiger partial charge is 0.416 e. The molecule has 1 N–H and O–H groups in total. The molecule has 2 saturated heterocycles. The highest BCUT2D eigenvalue weighted by atomic mass is 19.4. The molecule has 0 unspecified atom stereocenters. The number of halogens is 3. The molecule has 38 heavy (non-hydrogen) atoms. The lowest BCUT2D eigenvalue weighted by molar-refractivity contribution is -0.148. The minimum atomic E-state index is -4.42. The molecule has 10 heteroatoms.